The SMILES string of the molecule is C=CCOCCC[Si](C)(C)[O]. The first-order chi connectivity index (χ1) is 5.06. The first kappa shape index (κ1) is 10.9. The van der Waals surface area contributed by atoms with E-state index in [9.17, 15) is 4.80 Å². The molecule has 0 aliphatic heterocycles. The van der Waals surface area contributed by atoms with Crippen molar-refractivity contribution in [3.05, 3.63) is 12.7 Å². The van der Waals surface area contributed by atoms with Crippen molar-refractivity contribution >= 4 is 8.32 Å². The van der Waals surface area contributed by atoms with Crippen LogP contribution in [0.5, 0.6) is 0 Å². The van der Waals surface area contributed by atoms with E-state index in [0.29, 0.717) is 13.2 Å². The van der Waals surface area contributed by atoms with Crippen LogP contribution in [0.4, 0.5) is 0 Å². The average Bonchev–Trinajstić information content (AvgIpc) is 1.85. The molecule has 65 valence electrons. The molecule has 0 heterocycles. The van der Waals surface area contributed by atoms with E-state index in [1.54, 1.807) is 6.08 Å². The summed E-state index contributed by atoms with van der Waals surface area (Å²) in [6.07, 6.45) is 2.62. The summed E-state index contributed by atoms with van der Waals surface area (Å²) in [4.78, 5) is 11.2. The molecule has 0 saturated heterocycles. The Morgan fingerprint density at radius 3 is 2.64 bits per heavy atom. The number of hydrogen-bond acceptors (Lipinski definition) is 1. The van der Waals surface area contributed by atoms with E-state index in [1.807, 2.05) is 13.1 Å². The lowest BCUT2D eigenvalue weighted by Gasteiger charge is -2.09. The molecule has 0 bridgehead atoms. The Labute approximate surface area is 70.0 Å². The third kappa shape index (κ3) is 9.88. The van der Waals surface area contributed by atoms with Crippen molar-refractivity contribution in [1.29, 1.82) is 0 Å². The number of hydrogen-bond donors (Lipinski definition) is 0. The minimum absolute atomic E-state index is 0.598. The van der Waals surface area contributed by atoms with Gasteiger partial charge in [0.2, 0.25) is 8.32 Å². The summed E-state index contributed by atoms with van der Waals surface area (Å²) in [5, 5.41) is 0. The third-order valence-corrected chi connectivity index (χ3v) is 2.86. The quantitative estimate of drug-likeness (QED) is 0.344. The van der Waals surface area contributed by atoms with Crippen molar-refractivity contribution in [3.63, 3.8) is 0 Å². The van der Waals surface area contributed by atoms with Crippen LogP contribution in [0, 0.1) is 0 Å². The van der Waals surface area contributed by atoms with Crippen molar-refractivity contribution in [2.75, 3.05) is 13.2 Å². The highest BCUT2D eigenvalue weighted by Crippen LogP contribution is 2.07. The van der Waals surface area contributed by atoms with Gasteiger partial charge in [0.1, 0.15) is 0 Å². The van der Waals surface area contributed by atoms with Crippen LogP contribution < -0.4 is 0 Å². The Bertz CT molecular complexity index is 107. The first-order valence-corrected chi connectivity index (χ1v) is 7.07. The topological polar surface area (TPSA) is 29.1 Å². The Morgan fingerprint density at radius 2 is 2.18 bits per heavy atom. The van der Waals surface area contributed by atoms with Gasteiger partial charge in [0.05, 0.1) is 6.61 Å². The maximum absolute atomic E-state index is 11.2. The average molecular weight is 173 g/mol. The van der Waals surface area contributed by atoms with Gasteiger partial charge in [-0.15, -0.1) is 6.58 Å². The lowest BCUT2D eigenvalue weighted by atomic mass is 10.5. The molecule has 2 nitrogen and oxygen atoms in total. The van der Waals surface area contributed by atoms with Crippen molar-refractivity contribution in [2.24, 2.45) is 0 Å². The van der Waals surface area contributed by atoms with Gasteiger partial charge in [-0.3, -0.25) is 4.80 Å². The van der Waals surface area contributed by atoms with Gasteiger partial charge < -0.3 is 4.74 Å². The molecule has 11 heavy (non-hydrogen) atoms. The van der Waals surface area contributed by atoms with Crippen LogP contribution in [0.1, 0.15) is 6.42 Å². The van der Waals surface area contributed by atoms with Crippen LogP contribution in [0.3, 0.4) is 0 Å². The number of rotatable bonds is 6. The molecule has 0 rings (SSSR count). The fraction of sp³-hybridized carbons (Fsp3) is 0.750. The summed E-state index contributed by atoms with van der Waals surface area (Å²) in [5.41, 5.74) is 0. The fourth-order valence-electron chi connectivity index (χ4n) is 0.767. The first-order valence-electron chi connectivity index (χ1n) is 3.95. The van der Waals surface area contributed by atoms with Crippen LogP contribution >= 0.6 is 0 Å². The minimum Gasteiger partial charge on any atom is -0.377 e. The summed E-state index contributed by atoms with van der Waals surface area (Å²) in [6, 6.07) is 0.810. The predicted molar refractivity (Wildman–Crippen MR) is 48.6 cm³/mol. The van der Waals surface area contributed by atoms with Crippen LogP contribution in [-0.4, -0.2) is 21.5 Å². The lowest BCUT2D eigenvalue weighted by Crippen LogP contribution is -2.22. The molecule has 0 unspecified atom stereocenters. The van der Waals surface area contributed by atoms with Gasteiger partial charge in [-0.2, -0.15) is 0 Å². The highest BCUT2D eigenvalue weighted by atomic mass is 28.4. The van der Waals surface area contributed by atoms with E-state index in [1.165, 1.54) is 0 Å². The fourth-order valence-corrected chi connectivity index (χ4v) is 1.76. The van der Waals surface area contributed by atoms with Crippen molar-refractivity contribution in [2.45, 2.75) is 25.6 Å². The maximum Gasteiger partial charge on any atom is 0.231 e. The van der Waals surface area contributed by atoms with Gasteiger partial charge in [-0.25, -0.2) is 0 Å². The van der Waals surface area contributed by atoms with Gasteiger partial charge in [0, 0.05) is 6.61 Å². The number of ether oxygens (including phenoxy) is 1. The summed E-state index contributed by atoms with van der Waals surface area (Å²) in [5.74, 6) is 0. The summed E-state index contributed by atoms with van der Waals surface area (Å²) in [7, 11) is -2.07. The molecule has 0 spiro atoms. The second-order valence-electron chi connectivity index (χ2n) is 3.23. The Morgan fingerprint density at radius 1 is 1.55 bits per heavy atom. The molecule has 0 saturated carbocycles. The largest absolute Gasteiger partial charge is 0.377 e. The molecule has 0 atom stereocenters. The van der Waals surface area contributed by atoms with Crippen LogP contribution in [0.15, 0.2) is 12.7 Å². The van der Waals surface area contributed by atoms with Crippen molar-refractivity contribution < 1.29 is 9.53 Å². The van der Waals surface area contributed by atoms with E-state index in [4.69, 9.17) is 4.74 Å². The molecule has 0 N–H and O–H groups in total. The zero-order valence-corrected chi connectivity index (χ0v) is 8.43. The summed E-state index contributed by atoms with van der Waals surface area (Å²) >= 11 is 0. The second-order valence-corrected chi connectivity index (χ2v) is 7.25. The maximum atomic E-state index is 11.2. The van der Waals surface area contributed by atoms with Crippen molar-refractivity contribution in [3.8, 4) is 0 Å². The zero-order chi connectivity index (χ0) is 8.74. The van der Waals surface area contributed by atoms with E-state index in [-0.39, 0.29) is 0 Å². The zero-order valence-electron chi connectivity index (χ0n) is 7.43. The Kier molecular flexibility index (Phi) is 5.46. The molecule has 0 aromatic rings. The van der Waals surface area contributed by atoms with Gasteiger partial charge in [0.25, 0.3) is 0 Å². The molecular weight excluding hydrogens is 156 g/mol. The predicted octanol–water partition coefficient (Wildman–Crippen LogP) is 2.21. The highest BCUT2D eigenvalue weighted by Gasteiger charge is 2.18. The van der Waals surface area contributed by atoms with Crippen LogP contribution in [0.2, 0.25) is 19.1 Å². The summed E-state index contributed by atoms with van der Waals surface area (Å²) in [6.45, 7) is 8.49. The molecule has 0 aromatic carbocycles. The Hall–Kier alpha value is -0.123. The van der Waals surface area contributed by atoms with Gasteiger partial charge in [-0.05, 0) is 25.6 Å². The molecular formula is C8H17O2Si. The van der Waals surface area contributed by atoms with E-state index in [0.717, 1.165) is 12.5 Å². The van der Waals surface area contributed by atoms with E-state index < -0.39 is 8.32 Å². The second kappa shape index (κ2) is 5.52. The molecule has 0 aliphatic carbocycles. The van der Waals surface area contributed by atoms with Gasteiger partial charge >= 0.3 is 0 Å². The Balaban J connectivity index is 3.08. The van der Waals surface area contributed by atoms with Gasteiger partial charge in [-0.1, -0.05) is 6.08 Å². The lowest BCUT2D eigenvalue weighted by molar-refractivity contribution is 0.162. The third-order valence-electron chi connectivity index (χ3n) is 1.30. The minimum atomic E-state index is -2.07. The van der Waals surface area contributed by atoms with Crippen LogP contribution in [-0.2, 0) is 9.53 Å². The molecule has 0 amide bonds. The molecule has 0 fully saturated rings. The van der Waals surface area contributed by atoms with Gasteiger partial charge in [0.15, 0.2) is 0 Å². The van der Waals surface area contributed by atoms with E-state index >= 15 is 0 Å². The highest BCUT2D eigenvalue weighted by molar-refractivity contribution is 6.69. The molecule has 0 aromatic heterocycles. The normalized spacial score (nSPS) is 11.5. The molecule has 0 aliphatic rings. The summed E-state index contributed by atoms with van der Waals surface area (Å²) < 4.78 is 5.14. The standard InChI is InChI=1S/C8H17O2Si/c1-4-6-10-7-5-8-11(2,3)9/h4H,1,5-8H2,2-3H3. The van der Waals surface area contributed by atoms with E-state index in [2.05, 4.69) is 6.58 Å². The monoisotopic (exact) mass is 173 g/mol. The molecule has 3 heteroatoms. The van der Waals surface area contributed by atoms with Crippen LogP contribution in [0.25, 0.3) is 0 Å². The molecule has 1 radical (unpaired) electrons. The smallest absolute Gasteiger partial charge is 0.231 e. The van der Waals surface area contributed by atoms with Crippen molar-refractivity contribution in [1.82, 2.24) is 0 Å².